The molecule has 80 valence electrons. The van der Waals surface area contributed by atoms with E-state index < -0.39 is 0 Å². The molecule has 0 spiro atoms. The number of aryl methyl sites for hydroxylation is 2. The lowest BCUT2D eigenvalue weighted by atomic mass is 10.2. The van der Waals surface area contributed by atoms with Gasteiger partial charge in [-0.2, -0.15) is 11.8 Å². The van der Waals surface area contributed by atoms with E-state index in [-0.39, 0.29) is 0 Å². The number of hydrogen-bond acceptors (Lipinski definition) is 3. The summed E-state index contributed by atoms with van der Waals surface area (Å²) in [5.74, 6) is 1.26. The first-order chi connectivity index (χ1) is 6.74. The number of hydrogen-bond donors (Lipinski definition) is 1. The van der Waals surface area contributed by atoms with Crippen LogP contribution in [0.5, 0.6) is 0 Å². The van der Waals surface area contributed by atoms with Gasteiger partial charge in [0, 0.05) is 16.3 Å². The summed E-state index contributed by atoms with van der Waals surface area (Å²) in [6, 6.07) is 2.29. The fourth-order valence-corrected chi connectivity index (χ4v) is 2.80. The van der Waals surface area contributed by atoms with Crippen molar-refractivity contribution in [2.45, 2.75) is 26.8 Å². The second kappa shape index (κ2) is 6.49. The van der Waals surface area contributed by atoms with E-state index in [4.69, 9.17) is 0 Å². The smallest absolute Gasteiger partial charge is 0.0216 e. The van der Waals surface area contributed by atoms with Crippen LogP contribution < -0.4 is 5.32 Å². The minimum absolute atomic E-state index is 1.03. The van der Waals surface area contributed by atoms with Crippen LogP contribution in [0.2, 0.25) is 0 Å². The van der Waals surface area contributed by atoms with Crippen molar-refractivity contribution in [3.05, 3.63) is 21.4 Å². The van der Waals surface area contributed by atoms with Crippen LogP contribution >= 0.6 is 23.1 Å². The zero-order valence-corrected chi connectivity index (χ0v) is 10.9. The molecule has 1 nitrogen and oxygen atoms in total. The third kappa shape index (κ3) is 4.03. The molecule has 1 aromatic heterocycles. The molecule has 1 aromatic rings. The summed E-state index contributed by atoms with van der Waals surface area (Å²) in [5.41, 5.74) is 1.47. The Labute approximate surface area is 95.3 Å². The van der Waals surface area contributed by atoms with Crippen LogP contribution in [0.25, 0.3) is 0 Å². The zero-order chi connectivity index (χ0) is 10.4. The largest absolute Gasteiger partial charge is 0.313 e. The molecular weight excluding hydrogens is 210 g/mol. The standard InChI is InChI=1S/C11H19NS2/c1-9-7-11(10(2)14-9)8-12-5-4-6-13-3/h7,12H,4-6,8H2,1-3H3. The fraction of sp³-hybridized carbons (Fsp3) is 0.636. The van der Waals surface area contributed by atoms with Crippen LogP contribution in [0.3, 0.4) is 0 Å². The van der Waals surface area contributed by atoms with E-state index in [9.17, 15) is 0 Å². The Balaban J connectivity index is 2.21. The summed E-state index contributed by atoms with van der Waals surface area (Å²) >= 11 is 3.81. The Morgan fingerprint density at radius 1 is 1.43 bits per heavy atom. The van der Waals surface area contributed by atoms with Gasteiger partial charge in [0.2, 0.25) is 0 Å². The number of nitrogens with one attached hydrogen (secondary N) is 1. The molecule has 1 rings (SSSR count). The molecule has 0 saturated heterocycles. The average molecular weight is 229 g/mol. The molecule has 0 amide bonds. The Morgan fingerprint density at radius 3 is 2.79 bits per heavy atom. The van der Waals surface area contributed by atoms with Gasteiger partial charge in [-0.15, -0.1) is 11.3 Å². The first-order valence-corrected chi connectivity index (χ1v) is 7.20. The second-order valence-corrected chi connectivity index (χ2v) is 5.91. The first-order valence-electron chi connectivity index (χ1n) is 4.99. The molecule has 0 aliphatic heterocycles. The van der Waals surface area contributed by atoms with Gasteiger partial charge in [-0.25, -0.2) is 0 Å². The molecule has 0 aliphatic carbocycles. The normalized spacial score (nSPS) is 10.8. The second-order valence-electron chi connectivity index (χ2n) is 3.46. The van der Waals surface area contributed by atoms with Gasteiger partial charge in [0.15, 0.2) is 0 Å². The van der Waals surface area contributed by atoms with Crippen LogP contribution in [0, 0.1) is 13.8 Å². The van der Waals surface area contributed by atoms with Crippen molar-refractivity contribution in [3.63, 3.8) is 0 Å². The van der Waals surface area contributed by atoms with Gasteiger partial charge in [0.05, 0.1) is 0 Å². The molecule has 0 bridgehead atoms. The predicted molar refractivity (Wildman–Crippen MR) is 68.5 cm³/mol. The lowest BCUT2D eigenvalue weighted by molar-refractivity contribution is 0.678. The summed E-state index contributed by atoms with van der Waals surface area (Å²) in [6.45, 7) is 6.55. The first kappa shape index (κ1) is 12.1. The highest BCUT2D eigenvalue weighted by Crippen LogP contribution is 2.20. The van der Waals surface area contributed by atoms with Crippen LogP contribution in [0.15, 0.2) is 6.07 Å². The van der Waals surface area contributed by atoms with E-state index in [1.807, 2.05) is 23.1 Å². The Kier molecular flexibility index (Phi) is 5.60. The van der Waals surface area contributed by atoms with Crippen LogP contribution in [0.1, 0.15) is 21.7 Å². The number of thiophene rings is 1. The van der Waals surface area contributed by atoms with Crippen molar-refractivity contribution in [2.24, 2.45) is 0 Å². The van der Waals surface area contributed by atoms with Gasteiger partial charge >= 0.3 is 0 Å². The third-order valence-corrected chi connectivity index (χ3v) is 3.87. The van der Waals surface area contributed by atoms with E-state index in [1.54, 1.807) is 0 Å². The van der Waals surface area contributed by atoms with E-state index in [0.29, 0.717) is 0 Å². The zero-order valence-electron chi connectivity index (χ0n) is 9.22. The summed E-state index contributed by atoms with van der Waals surface area (Å²) in [7, 11) is 0. The highest BCUT2D eigenvalue weighted by Gasteiger charge is 2.01. The maximum absolute atomic E-state index is 3.48. The molecule has 0 fully saturated rings. The topological polar surface area (TPSA) is 12.0 Å². The number of rotatable bonds is 6. The van der Waals surface area contributed by atoms with Crippen molar-refractivity contribution in [3.8, 4) is 0 Å². The molecule has 14 heavy (non-hydrogen) atoms. The van der Waals surface area contributed by atoms with Crippen molar-refractivity contribution in [1.82, 2.24) is 5.32 Å². The SMILES string of the molecule is CSCCCNCc1cc(C)sc1C. The maximum atomic E-state index is 3.48. The van der Waals surface area contributed by atoms with E-state index in [2.05, 4.69) is 31.5 Å². The predicted octanol–water partition coefficient (Wildman–Crippen LogP) is 3.21. The molecule has 0 aromatic carbocycles. The molecule has 0 aliphatic rings. The maximum Gasteiger partial charge on any atom is 0.0216 e. The average Bonchev–Trinajstić information content (AvgIpc) is 2.45. The van der Waals surface area contributed by atoms with Gasteiger partial charge in [-0.05, 0) is 50.5 Å². The molecule has 0 atom stereocenters. The lowest BCUT2D eigenvalue weighted by Crippen LogP contribution is -2.15. The van der Waals surface area contributed by atoms with Crippen molar-refractivity contribution < 1.29 is 0 Å². The van der Waals surface area contributed by atoms with Crippen molar-refractivity contribution >= 4 is 23.1 Å². The lowest BCUT2D eigenvalue weighted by Gasteiger charge is -2.03. The van der Waals surface area contributed by atoms with E-state index >= 15 is 0 Å². The summed E-state index contributed by atoms with van der Waals surface area (Å²) in [4.78, 5) is 2.88. The monoisotopic (exact) mass is 229 g/mol. The van der Waals surface area contributed by atoms with Crippen LogP contribution in [0.4, 0.5) is 0 Å². The summed E-state index contributed by atoms with van der Waals surface area (Å²) in [6.07, 6.45) is 3.43. The Hall–Kier alpha value is 0.01000. The summed E-state index contributed by atoms with van der Waals surface area (Å²) in [5, 5.41) is 3.48. The molecular formula is C11H19NS2. The molecule has 0 saturated carbocycles. The highest BCUT2D eigenvalue weighted by atomic mass is 32.2. The molecule has 0 radical (unpaired) electrons. The molecule has 1 heterocycles. The van der Waals surface area contributed by atoms with Gasteiger partial charge < -0.3 is 5.32 Å². The van der Waals surface area contributed by atoms with Crippen LogP contribution in [-0.4, -0.2) is 18.6 Å². The van der Waals surface area contributed by atoms with Crippen molar-refractivity contribution in [1.29, 1.82) is 0 Å². The minimum Gasteiger partial charge on any atom is -0.313 e. The van der Waals surface area contributed by atoms with Gasteiger partial charge in [-0.1, -0.05) is 0 Å². The van der Waals surface area contributed by atoms with E-state index in [0.717, 1.165) is 13.1 Å². The number of thioether (sulfide) groups is 1. The van der Waals surface area contributed by atoms with Gasteiger partial charge in [0.25, 0.3) is 0 Å². The summed E-state index contributed by atoms with van der Waals surface area (Å²) < 4.78 is 0. The molecule has 3 heteroatoms. The highest BCUT2D eigenvalue weighted by molar-refractivity contribution is 7.98. The van der Waals surface area contributed by atoms with Gasteiger partial charge in [0.1, 0.15) is 0 Å². The quantitative estimate of drug-likeness (QED) is 0.752. The van der Waals surface area contributed by atoms with E-state index in [1.165, 1.54) is 27.5 Å². The van der Waals surface area contributed by atoms with Gasteiger partial charge in [-0.3, -0.25) is 0 Å². The van der Waals surface area contributed by atoms with Crippen molar-refractivity contribution in [2.75, 3.05) is 18.6 Å². The Morgan fingerprint density at radius 2 is 2.21 bits per heavy atom. The third-order valence-electron chi connectivity index (χ3n) is 2.16. The molecule has 0 unspecified atom stereocenters. The minimum atomic E-state index is 1.03. The Bertz CT molecular complexity index is 268. The van der Waals surface area contributed by atoms with Crippen LogP contribution in [-0.2, 0) is 6.54 Å². The fourth-order valence-electron chi connectivity index (χ4n) is 1.42. The molecule has 1 N–H and O–H groups in total.